The fraction of sp³-hybridized carbons (Fsp3) is 0.667. The topological polar surface area (TPSA) is 96.0 Å². The van der Waals surface area contributed by atoms with Gasteiger partial charge in [-0.3, -0.25) is 0 Å². The zero-order valence-corrected chi connectivity index (χ0v) is 13.0. The molecule has 0 aliphatic carbocycles. The monoisotopic (exact) mass is 301 g/mol. The van der Waals surface area contributed by atoms with Crippen molar-refractivity contribution in [1.29, 1.82) is 0 Å². The number of aryl methyl sites for hydroxylation is 1. The molecule has 0 radical (unpaired) electrons. The summed E-state index contributed by atoms with van der Waals surface area (Å²) in [5.41, 5.74) is 0. The zero-order chi connectivity index (χ0) is 15.0. The molecular formula is C12H23N5O2S. The van der Waals surface area contributed by atoms with Crippen LogP contribution < -0.4 is 15.4 Å². The van der Waals surface area contributed by atoms with Crippen LogP contribution in [0.3, 0.4) is 0 Å². The van der Waals surface area contributed by atoms with E-state index in [0.717, 1.165) is 31.0 Å². The van der Waals surface area contributed by atoms with Gasteiger partial charge in [0.2, 0.25) is 10.0 Å². The summed E-state index contributed by atoms with van der Waals surface area (Å²) in [4.78, 5) is 8.70. The van der Waals surface area contributed by atoms with Gasteiger partial charge in [-0.05, 0) is 13.5 Å². The molecule has 1 rings (SSSR count). The minimum absolute atomic E-state index is 0.00663. The van der Waals surface area contributed by atoms with Gasteiger partial charge in [0.15, 0.2) is 0 Å². The predicted octanol–water partition coefficient (Wildman–Crippen LogP) is 0.822. The maximum Gasteiger partial charge on any atom is 0.213 e. The lowest BCUT2D eigenvalue weighted by atomic mass is 10.4. The van der Waals surface area contributed by atoms with E-state index in [2.05, 4.69) is 32.2 Å². The van der Waals surface area contributed by atoms with Crippen molar-refractivity contribution in [1.82, 2.24) is 14.7 Å². The highest BCUT2D eigenvalue weighted by Crippen LogP contribution is 2.11. The summed E-state index contributed by atoms with van der Waals surface area (Å²) in [5, 5.41) is 6.22. The number of hydrogen-bond acceptors (Lipinski definition) is 6. The zero-order valence-electron chi connectivity index (χ0n) is 12.2. The highest BCUT2D eigenvalue weighted by molar-refractivity contribution is 7.89. The SMILES string of the molecule is CCCNc1cc(NCCS(=O)(=O)NC)nc(CC)n1. The lowest BCUT2D eigenvalue weighted by molar-refractivity contribution is 0.588. The van der Waals surface area contributed by atoms with E-state index in [1.165, 1.54) is 7.05 Å². The second-order valence-corrected chi connectivity index (χ2v) is 6.33. The van der Waals surface area contributed by atoms with Crippen LogP contribution in [0, 0.1) is 0 Å². The Hall–Kier alpha value is -1.41. The summed E-state index contributed by atoms with van der Waals surface area (Å²) < 4.78 is 24.9. The Morgan fingerprint density at radius 1 is 1.10 bits per heavy atom. The van der Waals surface area contributed by atoms with Gasteiger partial charge in [0.25, 0.3) is 0 Å². The Kier molecular flexibility index (Phi) is 6.66. The van der Waals surface area contributed by atoms with E-state index in [1.54, 1.807) is 6.07 Å². The van der Waals surface area contributed by atoms with Crippen molar-refractivity contribution in [2.45, 2.75) is 26.7 Å². The van der Waals surface area contributed by atoms with Crippen molar-refractivity contribution in [3.8, 4) is 0 Å². The Labute approximate surface area is 120 Å². The molecule has 1 heterocycles. The quantitative estimate of drug-likeness (QED) is 0.625. The Morgan fingerprint density at radius 2 is 1.70 bits per heavy atom. The molecule has 0 aromatic carbocycles. The number of sulfonamides is 1. The smallest absolute Gasteiger partial charge is 0.213 e. The normalized spacial score (nSPS) is 11.3. The van der Waals surface area contributed by atoms with E-state index in [9.17, 15) is 8.42 Å². The van der Waals surface area contributed by atoms with Crippen molar-refractivity contribution in [3.05, 3.63) is 11.9 Å². The molecule has 3 N–H and O–H groups in total. The van der Waals surface area contributed by atoms with E-state index in [1.807, 2.05) is 6.92 Å². The molecule has 0 unspecified atom stereocenters. The molecule has 0 amide bonds. The summed E-state index contributed by atoms with van der Waals surface area (Å²) in [6.07, 6.45) is 1.74. The van der Waals surface area contributed by atoms with Crippen LogP contribution in [0.25, 0.3) is 0 Å². The number of nitrogens with zero attached hydrogens (tertiary/aromatic N) is 2. The molecule has 7 nitrogen and oxygen atoms in total. The lowest BCUT2D eigenvalue weighted by Crippen LogP contribution is -2.26. The van der Waals surface area contributed by atoms with Crippen LogP contribution in [0.2, 0.25) is 0 Å². The van der Waals surface area contributed by atoms with Crippen LogP contribution in [-0.4, -0.2) is 44.3 Å². The fourth-order valence-electron chi connectivity index (χ4n) is 1.50. The molecule has 0 aliphatic heterocycles. The maximum absolute atomic E-state index is 11.3. The maximum atomic E-state index is 11.3. The molecule has 20 heavy (non-hydrogen) atoms. The van der Waals surface area contributed by atoms with Crippen molar-refractivity contribution in [2.75, 3.05) is 36.5 Å². The third-order valence-corrected chi connectivity index (χ3v) is 4.00. The average molecular weight is 301 g/mol. The summed E-state index contributed by atoms with van der Waals surface area (Å²) >= 11 is 0. The first-order chi connectivity index (χ1) is 9.50. The van der Waals surface area contributed by atoms with Gasteiger partial charge >= 0.3 is 0 Å². The van der Waals surface area contributed by atoms with Gasteiger partial charge in [0, 0.05) is 25.6 Å². The van der Waals surface area contributed by atoms with Crippen LogP contribution in [0.1, 0.15) is 26.1 Å². The molecule has 0 saturated carbocycles. The second kappa shape index (κ2) is 8.01. The molecule has 1 aromatic heterocycles. The molecule has 114 valence electrons. The highest BCUT2D eigenvalue weighted by atomic mass is 32.2. The second-order valence-electron chi connectivity index (χ2n) is 4.28. The Balaban J connectivity index is 2.68. The minimum atomic E-state index is -3.20. The fourth-order valence-corrected chi connectivity index (χ4v) is 2.08. The molecule has 0 saturated heterocycles. The van der Waals surface area contributed by atoms with Crippen LogP contribution in [-0.2, 0) is 16.4 Å². The third kappa shape index (κ3) is 5.70. The van der Waals surface area contributed by atoms with Crippen molar-refractivity contribution in [3.63, 3.8) is 0 Å². The van der Waals surface area contributed by atoms with Crippen molar-refractivity contribution in [2.24, 2.45) is 0 Å². The van der Waals surface area contributed by atoms with Crippen LogP contribution in [0.15, 0.2) is 6.07 Å². The summed E-state index contributed by atoms with van der Waals surface area (Å²) in [5.74, 6) is 2.14. The Bertz CT molecular complexity index is 519. The van der Waals surface area contributed by atoms with E-state index in [-0.39, 0.29) is 5.75 Å². The highest BCUT2D eigenvalue weighted by Gasteiger charge is 2.07. The van der Waals surface area contributed by atoms with Crippen LogP contribution in [0.4, 0.5) is 11.6 Å². The van der Waals surface area contributed by atoms with Crippen LogP contribution >= 0.6 is 0 Å². The first-order valence-corrected chi connectivity index (χ1v) is 8.43. The lowest BCUT2D eigenvalue weighted by Gasteiger charge is -2.10. The number of aromatic nitrogens is 2. The molecule has 8 heteroatoms. The third-order valence-electron chi connectivity index (χ3n) is 2.63. The summed E-state index contributed by atoms with van der Waals surface area (Å²) in [7, 11) is -1.80. The first kappa shape index (κ1) is 16.6. The van der Waals surface area contributed by atoms with E-state index in [0.29, 0.717) is 12.4 Å². The molecule has 0 spiro atoms. The van der Waals surface area contributed by atoms with Gasteiger partial charge in [-0.1, -0.05) is 13.8 Å². The average Bonchev–Trinajstić information content (AvgIpc) is 2.44. The summed E-state index contributed by atoms with van der Waals surface area (Å²) in [6.45, 7) is 5.20. The molecule has 0 atom stereocenters. The largest absolute Gasteiger partial charge is 0.370 e. The van der Waals surface area contributed by atoms with Crippen LogP contribution in [0.5, 0.6) is 0 Å². The van der Waals surface area contributed by atoms with Crippen molar-refractivity contribution >= 4 is 21.7 Å². The Morgan fingerprint density at radius 3 is 2.20 bits per heavy atom. The molecule has 0 fully saturated rings. The van der Waals surface area contributed by atoms with Gasteiger partial charge in [0.05, 0.1) is 5.75 Å². The van der Waals surface area contributed by atoms with E-state index in [4.69, 9.17) is 0 Å². The standard InChI is InChI=1S/C12H23N5O2S/c1-4-6-14-11-9-12(17-10(5-2)16-11)15-7-8-20(18,19)13-3/h9,13H,4-8H2,1-3H3,(H2,14,15,16,17). The number of rotatable bonds is 9. The number of nitrogens with one attached hydrogen (secondary N) is 3. The van der Waals surface area contributed by atoms with E-state index < -0.39 is 10.0 Å². The predicted molar refractivity (Wildman–Crippen MR) is 81.5 cm³/mol. The number of hydrogen-bond donors (Lipinski definition) is 3. The van der Waals surface area contributed by atoms with Gasteiger partial charge in [-0.2, -0.15) is 0 Å². The van der Waals surface area contributed by atoms with Gasteiger partial charge in [-0.25, -0.2) is 23.1 Å². The van der Waals surface area contributed by atoms with Gasteiger partial charge in [-0.15, -0.1) is 0 Å². The molecule has 0 bridgehead atoms. The number of anilines is 2. The molecule has 0 aliphatic rings. The first-order valence-electron chi connectivity index (χ1n) is 6.77. The summed E-state index contributed by atoms with van der Waals surface area (Å²) in [6, 6.07) is 1.79. The van der Waals surface area contributed by atoms with E-state index >= 15 is 0 Å². The van der Waals surface area contributed by atoms with Crippen molar-refractivity contribution < 1.29 is 8.42 Å². The minimum Gasteiger partial charge on any atom is -0.370 e. The van der Waals surface area contributed by atoms with Gasteiger partial charge in [0.1, 0.15) is 17.5 Å². The molecular weight excluding hydrogens is 278 g/mol. The van der Waals surface area contributed by atoms with Gasteiger partial charge < -0.3 is 10.6 Å². The molecule has 1 aromatic rings.